The molecule has 0 atom stereocenters. The minimum absolute atomic E-state index is 0.565. The number of aromatic nitrogens is 1. The molecule has 2 aromatic rings. The van der Waals surface area contributed by atoms with E-state index in [9.17, 15) is 0 Å². The molecule has 1 aromatic heterocycles. The van der Waals surface area contributed by atoms with Gasteiger partial charge in [-0.3, -0.25) is 0 Å². The Morgan fingerprint density at radius 1 is 1.33 bits per heavy atom. The Hall–Kier alpha value is -0.610. The van der Waals surface area contributed by atoms with Crippen molar-refractivity contribution in [1.29, 1.82) is 0 Å². The molecule has 18 heavy (non-hydrogen) atoms. The molecule has 0 radical (unpaired) electrons. The minimum atomic E-state index is 0.565. The van der Waals surface area contributed by atoms with Crippen LogP contribution in [0.2, 0.25) is 10.0 Å². The van der Waals surface area contributed by atoms with Gasteiger partial charge in [-0.05, 0) is 19.0 Å². The maximum Gasteiger partial charge on any atom is 0.125 e. The molecule has 1 heterocycles. The van der Waals surface area contributed by atoms with E-state index in [1.54, 1.807) is 17.4 Å². The van der Waals surface area contributed by atoms with E-state index in [0.717, 1.165) is 30.1 Å². The van der Waals surface area contributed by atoms with Crippen molar-refractivity contribution in [3.05, 3.63) is 39.3 Å². The average molecular weight is 301 g/mol. The molecule has 1 N–H and O–H groups in total. The van der Waals surface area contributed by atoms with E-state index < -0.39 is 0 Å². The van der Waals surface area contributed by atoms with Crippen LogP contribution in [0.4, 0.5) is 0 Å². The van der Waals surface area contributed by atoms with Crippen LogP contribution in [-0.4, -0.2) is 11.5 Å². The van der Waals surface area contributed by atoms with E-state index in [2.05, 4.69) is 17.2 Å². The first kappa shape index (κ1) is 13.8. The van der Waals surface area contributed by atoms with Crippen molar-refractivity contribution in [2.75, 3.05) is 6.54 Å². The van der Waals surface area contributed by atoms with Gasteiger partial charge >= 0.3 is 0 Å². The van der Waals surface area contributed by atoms with Crippen molar-refractivity contribution in [3.63, 3.8) is 0 Å². The van der Waals surface area contributed by atoms with E-state index in [1.165, 1.54) is 4.88 Å². The fraction of sp³-hybridized carbons (Fsp3) is 0.308. The Morgan fingerprint density at radius 3 is 2.94 bits per heavy atom. The smallest absolute Gasteiger partial charge is 0.125 e. The largest absolute Gasteiger partial charge is 0.312 e. The summed E-state index contributed by atoms with van der Waals surface area (Å²) in [7, 11) is 0. The molecule has 0 saturated carbocycles. The topological polar surface area (TPSA) is 24.9 Å². The van der Waals surface area contributed by atoms with Crippen LogP contribution in [0.25, 0.3) is 10.6 Å². The van der Waals surface area contributed by atoms with Crippen molar-refractivity contribution in [2.45, 2.75) is 19.9 Å². The number of halogens is 2. The van der Waals surface area contributed by atoms with E-state index in [-0.39, 0.29) is 0 Å². The summed E-state index contributed by atoms with van der Waals surface area (Å²) in [5, 5.41) is 5.40. The van der Waals surface area contributed by atoms with Crippen molar-refractivity contribution in [1.82, 2.24) is 10.3 Å². The molecule has 1 aromatic carbocycles. The van der Waals surface area contributed by atoms with Crippen LogP contribution < -0.4 is 5.32 Å². The second-order valence-corrected chi connectivity index (χ2v) is 5.81. The third kappa shape index (κ3) is 3.23. The number of hydrogen-bond acceptors (Lipinski definition) is 3. The SMILES string of the molecule is CCCNCc1cnc(-c2cccc(Cl)c2Cl)s1. The lowest BCUT2D eigenvalue weighted by molar-refractivity contribution is 0.681. The zero-order chi connectivity index (χ0) is 13.0. The third-order valence-electron chi connectivity index (χ3n) is 2.46. The van der Waals surface area contributed by atoms with Gasteiger partial charge in [0.2, 0.25) is 0 Å². The first-order valence-electron chi connectivity index (χ1n) is 5.82. The van der Waals surface area contributed by atoms with Gasteiger partial charge in [-0.15, -0.1) is 11.3 Å². The normalized spacial score (nSPS) is 10.8. The Balaban J connectivity index is 2.16. The maximum absolute atomic E-state index is 6.18. The van der Waals surface area contributed by atoms with Crippen LogP contribution in [0.3, 0.4) is 0 Å². The monoisotopic (exact) mass is 300 g/mol. The number of nitrogens with zero attached hydrogens (tertiary/aromatic N) is 1. The fourth-order valence-corrected chi connectivity index (χ4v) is 2.93. The number of rotatable bonds is 5. The van der Waals surface area contributed by atoms with Crippen molar-refractivity contribution in [2.24, 2.45) is 0 Å². The maximum atomic E-state index is 6.18. The molecule has 0 bridgehead atoms. The van der Waals surface area contributed by atoms with Crippen molar-refractivity contribution in [3.8, 4) is 10.6 Å². The highest BCUT2D eigenvalue weighted by Gasteiger charge is 2.10. The van der Waals surface area contributed by atoms with Crippen molar-refractivity contribution >= 4 is 34.5 Å². The minimum Gasteiger partial charge on any atom is -0.312 e. The van der Waals surface area contributed by atoms with Gasteiger partial charge in [-0.25, -0.2) is 4.98 Å². The standard InChI is InChI=1S/C13H14Cl2N2S/c1-2-6-16-7-9-8-17-13(18-9)10-4-3-5-11(14)12(10)15/h3-5,8,16H,2,6-7H2,1H3. The Morgan fingerprint density at radius 2 is 2.17 bits per heavy atom. The molecule has 2 rings (SSSR count). The van der Waals surface area contributed by atoms with Gasteiger partial charge in [0.1, 0.15) is 5.01 Å². The first-order valence-corrected chi connectivity index (χ1v) is 7.39. The van der Waals surface area contributed by atoms with Gasteiger partial charge in [-0.2, -0.15) is 0 Å². The van der Waals surface area contributed by atoms with E-state index in [0.29, 0.717) is 10.0 Å². The average Bonchev–Trinajstić information content (AvgIpc) is 2.82. The van der Waals surface area contributed by atoms with Crippen molar-refractivity contribution < 1.29 is 0 Å². The summed E-state index contributed by atoms with van der Waals surface area (Å²) >= 11 is 13.8. The summed E-state index contributed by atoms with van der Waals surface area (Å²) in [6.07, 6.45) is 3.02. The number of nitrogens with one attached hydrogen (secondary N) is 1. The highest BCUT2D eigenvalue weighted by molar-refractivity contribution is 7.15. The van der Waals surface area contributed by atoms with E-state index in [1.807, 2.05) is 18.3 Å². The summed E-state index contributed by atoms with van der Waals surface area (Å²) in [6, 6.07) is 5.61. The van der Waals surface area contributed by atoms with Crippen LogP contribution in [0.15, 0.2) is 24.4 Å². The molecule has 96 valence electrons. The summed E-state index contributed by atoms with van der Waals surface area (Å²) in [6.45, 7) is 4.02. The Kier molecular flexibility index (Phi) is 5.01. The number of benzene rings is 1. The van der Waals surface area contributed by atoms with Crippen LogP contribution in [0.1, 0.15) is 18.2 Å². The van der Waals surface area contributed by atoms with Gasteiger partial charge in [-0.1, -0.05) is 42.3 Å². The molecule has 0 aliphatic carbocycles. The first-order chi connectivity index (χ1) is 8.72. The van der Waals surface area contributed by atoms with Gasteiger partial charge in [0, 0.05) is 23.2 Å². The lowest BCUT2D eigenvalue weighted by atomic mass is 10.2. The van der Waals surface area contributed by atoms with Gasteiger partial charge in [0.25, 0.3) is 0 Å². The lowest BCUT2D eigenvalue weighted by Gasteiger charge is -2.01. The molecule has 2 nitrogen and oxygen atoms in total. The van der Waals surface area contributed by atoms with E-state index in [4.69, 9.17) is 23.2 Å². The molecule has 0 aliphatic heterocycles. The second-order valence-electron chi connectivity index (χ2n) is 3.91. The molecule has 0 unspecified atom stereocenters. The predicted octanol–water partition coefficient (Wildman–Crippen LogP) is 4.62. The highest BCUT2D eigenvalue weighted by Crippen LogP contribution is 2.35. The molecule has 0 amide bonds. The van der Waals surface area contributed by atoms with Gasteiger partial charge in [0.05, 0.1) is 10.0 Å². The number of hydrogen-bond donors (Lipinski definition) is 1. The third-order valence-corrected chi connectivity index (χ3v) is 4.31. The zero-order valence-electron chi connectivity index (χ0n) is 10.0. The number of thiazole rings is 1. The quantitative estimate of drug-likeness (QED) is 0.815. The summed E-state index contributed by atoms with van der Waals surface area (Å²) in [5.41, 5.74) is 0.899. The summed E-state index contributed by atoms with van der Waals surface area (Å²) < 4.78 is 0. The highest BCUT2D eigenvalue weighted by atomic mass is 35.5. The predicted molar refractivity (Wildman–Crippen MR) is 79.6 cm³/mol. The molecule has 5 heteroatoms. The lowest BCUT2D eigenvalue weighted by Crippen LogP contribution is -2.12. The molecule has 0 spiro atoms. The molecule has 0 fully saturated rings. The van der Waals surface area contributed by atoms with Gasteiger partial charge < -0.3 is 5.32 Å². The second kappa shape index (κ2) is 6.53. The van der Waals surface area contributed by atoms with Crippen LogP contribution >= 0.6 is 34.5 Å². The molecule has 0 saturated heterocycles. The molecular formula is C13H14Cl2N2S. The molecule has 0 aliphatic rings. The fourth-order valence-electron chi connectivity index (χ4n) is 1.57. The van der Waals surface area contributed by atoms with Crippen LogP contribution in [0, 0.1) is 0 Å². The van der Waals surface area contributed by atoms with Crippen LogP contribution in [0.5, 0.6) is 0 Å². The summed E-state index contributed by atoms with van der Waals surface area (Å²) in [5.74, 6) is 0. The zero-order valence-corrected chi connectivity index (χ0v) is 12.4. The summed E-state index contributed by atoms with van der Waals surface area (Å²) in [4.78, 5) is 5.61. The Bertz CT molecular complexity index is 525. The Labute approximate surface area is 121 Å². The van der Waals surface area contributed by atoms with E-state index >= 15 is 0 Å². The molecular weight excluding hydrogens is 287 g/mol. The van der Waals surface area contributed by atoms with Gasteiger partial charge in [0.15, 0.2) is 0 Å². The van der Waals surface area contributed by atoms with Crippen LogP contribution in [-0.2, 0) is 6.54 Å².